The molecule has 0 aliphatic carbocycles. The summed E-state index contributed by atoms with van der Waals surface area (Å²) in [6.07, 6.45) is 0.647. The highest BCUT2D eigenvalue weighted by atomic mass is 79.9. The molecule has 0 saturated carbocycles. The van der Waals surface area contributed by atoms with Gasteiger partial charge in [0, 0.05) is 21.9 Å². The number of aliphatic carboxylic acids is 1. The number of anilines is 1. The molecule has 0 heterocycles. The number of carboxylic acids is 1. The Morgan fingerprint density at radius 2 is 1.90 bits per heavy atom. The van der Waals surface area contributed by atoms with Gasteiger partial charge in [0.15, 0.2) is 0 Å². The number of nitrogens with one attached hydrogen (secondary N) is 2. The van der Waals surface area contributed by atoms with Crippen LogP contribution < -0.4 is 10.6 Å². The van der Waals surface area contributed by atoms with Gasteiger partial charge in [0.1, 0.15) is 0 Å². The zero-order valence-electron chi connectivity index (χ0n) is 11.0. The van der Waals surface area contributed by atoms with E-state index in [4.69, 9.17) is 5.11 Å². The standard InChI is InChI=1S/C13H16Br2N2O3/c1-8(5-6-11(18)19)7-16-13(20)17-12-9(14)3-2-4-10(12)15/h2-4,8H,5-7H2,1H3,(H,18,19)(H2,16,17,20). The predicted octanol–water partition coefficient (Wildman–Crippen LogP) is 3.83. The van der Waals surface area contributed by atoms with Crippen LogP contribution in [0.15, 0.2) is 27.1 Å². The van der Waals surface area contributed by atoms with Gasteiger partial charge >= 0.3 is 12.0 Å². The minimum atomic E-state index is -0.821. The summed E-state index contributed by atoms with van der Waals surface area (Å²) < 4.78 is 1.56. The van der Waals surface area contributed by atoms with Crippen molar-refractivity contribution in [3.05, 3.63) is 27.1 Å². The fraction of sp³-hybridized carbons (Fsp3) is 0.385. The van der Waals surface area contributed by atoms with E-state index in [1.807, 2.05) is 25.1 Å². The molecule has 1 aromatic carbocycles. The lowest BCUT2D eigenvalue weighted by Gasteiger charge is -2.13. The second-order valence-corrected chi connectivity index (χ2v) is 6.18. The molecule has 0 aromatic heterocycles. The number of carbonyl (C=O) groups excluding carboxylic acids is 1. The number of hydrogen-bond donors (Lipinski definition) is 3. The number of carbonyl (C=O) groups is 2. The molecule has 1 atom stereocenters. The van der Waals surface area contributed by atoms with Crippen molar-refractivity contribution in [3.63, 3.8) is 0 Å². The zero-order chi connectivity index (χ0) is 15.1. The van der Waals surface area contributed by atoms with E-state index in [1.165, 1.54) is 0 Å². The first-order chi connectivity index (χ1) is 9.40. The molecule has 2 amide bonds. The molecule has 0 aliphatic rings. The van der Waals surface area contributed by atoms with Gasteiger partial charge in [0.2, 0.25) is 0 Å². The maximum atomic E-state index is 11.8. The lowest BCUT2D eigenvalue weighted by atomic mass is 10.1. The average molecular weight is 408 g/mol. The van der Waals surface area contributed by atoms with Crippen LogP contribution in [0.1, 0.15) is 19.8 Å². The second-order valence-electron chi connectivity index (χ2n) is 4.47. The minimum Gasteiger partial charge on any atom is -0.481 e. The van der Waals surface area contributed by atoms with Gasteiger partial charge in [-0.25, -0.2) is 4.79 Å². The average Bonchev–Trinajstić information content (AvgIpc) is 2.38. The van der Waals surface area contributed by atoms with Crippen molar-refractivity contribution in [2.45, 2.75) is 19.8 Å². The van der Waals surface area contributed by atoms with Gasteiger partial charge in [-0.05, 0) is 56.3 Å². The van der Waals surface area contributed by atoms with Crippen LogP contribution in [-0.4, -0.2) is 23.7 Å². The highest BCUT2D eigenvalue weighted by molar-refractivity contribution is 9.11. The first-order valence-electron chi connectivity index (χ1n) is 6.10. The molecule has 20 heavy (non-hydrogen) atoms. The van der Waals surface area contributed by atoms with Crippen LogP contribution in [0, 0.1) is 5.92 Å². The highest BCUT2D eigenvalue weighted by Gasteiger charge is 2.10. The Morgan fingerprint density at radius 1 is 1.30 bits per heavy atom. The highest BCUT2D eigenvalue weighted by Crippen LogP contribution is 2.30. The first kappa shape index (κ1) is 17.0. The Bertz CT molecular complexity index is 474. The van der Waals surface area contributed by atoms with Crippen LogP contribution in [0.25, 0.3) is 0 Å². The van der Waals surface area contributed by atoms with Gasteiger partial charge in [-0.2, -0.15) is 0 Å². The third-order valence-corrected chi connectivity index (χ3v) is 3.99. The molecule has 0 saturated heterocycles. The number of hydrogen-bond acceptors (Lipinski definition) is 2. The number of urea groups is 1. The predicted molar refractivity (Wildman–Crippen MR) is 84.9 cm³/mol. The van der Waals surface area contributed by atoms with E-state index in [0.717, 1.165) is 8.95 Å². The van der Waals surface area contributed by atoms with Gasteiger partial charge in [-0.1, -0.05) is 13.0 Å². The van der Waals surface area contributed by atoms with Crippen LogP contribution >= 0.6 is 31.9 Å². The van der Waals surface area contributed by atoms with Gasteiger partial charge in [-0.15, -0.1) is 0 Å². The van der Waals surface area contributed by atoms with Crippen LogP contribution in [-0.2, 0) is 4.79 Å². The van der Waals surface area contributed by atoms with Gasteiger partial charge in [0.25, 0.3) is 0 Å². The van der Waals surface area contributed by atoms with Crippen molar-refractivity contribution >= 4 is 49.5 Å². The second kappa shape index (κ2) is 8.26. The van der Waals surface area contributed by atoms with E-state index < -0.39 is 5.97 Å². The molecule has 1 unspecified atom stereocenters. The van der Waals surface area contributed by atoms with Crippen LogP contribution in [0.2, 0.25) is 0 Å². The quantitative estimate of drug-likeness (QED) is 0.670. The van der Waals surface area contributed by atoms with E-state index in [-0.39, 0.29) is 18.4 Å². The van der Waals surface area contributed by atoms with Crippen molar-refractivity contribution in [3.8, 4) is 0 Å². The normalized spacial score (nSPS) is 11.8. The number of rotatable bonds is 6. The topological polar surface area (TPSA) is 78.4 Å². The minimum absolute atomic E-state index is 0.111. The Hall–Kier alpha value is -1.08. The molecule has 1 rings (SSSR count). The Kier molecular flexibility index (Phi) is 7.01. The van der Waals surface area contributed by atoms with Crippen molar-refractivity contribution in [1.82, 2.24) is 5.32 Å². The SMILES string of the molecule is CC(CCC(=O)O)CNC(=O)Nc1c(Br)cccc1Br. The third kappa shape index (κ3) is 5.92. The molecule has 110 valence electrons. The van der Waals surface area contributed by atoms with Crippen molar-refractivity contribution < 1.29 is 14.7 Å². The summed E-state index contributed by atoms with van der Waals surface area (Å²) in [6.45, 7) is 2.33. The molecule has 0 aliphatic heterocycles. The fourth-order valence-corrected chi connectivity index (χ4v) is 2.71. The smallest absolute Gasteiger partial charge is 0.319 e. The summed E-state index contributed by atoms with van der Waals surface area (Å²) >= 11 is 6.72. The van der Waals surface area contributed by atoms with Crippen LogP contribution in [0.4, 0.5) is 10.5 Å². The van der Waals surface area contributed by atoms with Crippen molar-refractivity contribution in [2.24, 2.45) is 5.92 Å². The summed E-state index contributed by atoms with van der Waals surface area (Å²) in [4.78, 5) is 22.2. The van der Waals surface area contributed by atoms with E-state index in [2.05, 4.69) is 42.5 Å². The molecule has 0 spiro atoms. The number of carboxylic acid groups (broad SMARTS) is 1. The Balaban J connectivity index is 2.42. The number of halogens is 2. The third-order valence-electron chi connectivity index (χ3n) is 2.66. The van der Waals surface area contributed by atoms with Crippen LogP contribution in [0.5, 0.6) is 0 Å². The summed E-state index contributed by atoms with van der Waals surface area (Å²) in [5.41, 5.74) is 0.656. The van der Waals surface area contributed by atoms with Crippen LogP contribution in [0.3, 0.4) is 0 Å². The summed E-state index contributed by atoms with van der Waals surface area (Å²) in [5, 5.41) is 14.0. The monoisotopic (exact) mass is 406 g/mol. The summed E-state index contributed by atoms with van der Waals surface area (Å²) in [5.74, 6) is -0.710. The molecule has 3 N–H and O–H groups in total. The number of benzene rings is 1. The fourth-order valence-electron chi connectivity index (χ4n) is 1.51. The van der Waals surface area contributed by atoms with Gasteiger partial charge in [0.05, 0.1) is 5.69 Å². The molecule has 5 nitrogen and oxygen atoms in total. The van der Waals surface area contributed by atoms with Gasteiger partial charge in [-0.3, -0.25) is 4.79 Å². The Morgan fingerprint density at radius 3 is 2.45 bits per heavy atom. The number of para-hydroxylation sites is 1. The maximum absolute atomic E-state index is 11.8. The van der Waals surface area contributed by atoms with Crippen molar-refractivity contribution in [2.75, 3.05) is 11.9 Å². The molecule has 0 bridgehead atoms. The lowest BCUT2D eigenvalue weighted by Crippen LogP contribution is -2.32. The molecule has 0 fully saturated rings. The number of amides is 2. The molecule has 1 aromatic rings. The zero-order valence-corrected chi connectivity index (χ0v) is 14.1. The van der Waals surface area contributed by atoms with E-state index in [0.29, 0.717) is 18.7 Å². The summed E-state index contributed by atoms with van der Waals surface area (Å²) in [6, 6.07) is 5.19. The molecule has 7 heteroatoms. The first-order valence-corrected chi connectivity index (χ1v) is 7.69. The van der Waals surface area contributed by atoms with E-state index in [1.54, 1.807) is 0 Å². The molecular weight excluding hydrogens is 392 g/mol. The Labute approximate surface area is 134 Å². The van der Waals surface area contributed by atoms with E-state index >= 15 is 0 Å². The van der Waals surface area contributed by atoms with E-state index in [9.17, 15) is 9.59 Å². The molecule has 0 radical (unpaired) electrons. The van der Waals surface area contributed by atoms with Gasteiger partial charge < -0.3 is 15.7 Å². The maximum Gasteiger partial charge on any atom is 0.319 e. The molecular formula is C13H16Br2N2O3. The summed E-state index contributed by atoms with van der Waals surface area (Å²) in [7, 11) is 0. The van der Waals surface area contributed by atoms with Crippen molar-refractivity contribution in [1.29, 1.82) is 0 Å². The largest absolute Gasteiger partial charge is 0.481 e. The lowest BCUT2D eigenvalue weighted by molar-refractivity contribution is -0.137.